The molecule has 6 nitrogen and oxygen atoms in total. The molecule has 1 spiro atoms. The molecule has 0 radical (unpaired) electrons. The highest BCUT2D eigenvalue weighted by molar-refractivity contribution is 5.76. The number of likely N-dealkylation sites (tertiary alicyclic amines) is 1. The summed E-state index contributed by atoms with van der Waals surface area (Å²) in [7, 11) is 0. The van der Waals surface area contributed by atoms with Crippen LogP contribution in [0.1, 0.15) is 33.6 Å². The monoisotopic (exact) mass is 271 g/mol. The van der Waals surface area contributed by atoms with E-state index in [9.17, 15) is 14.7 Å². The predicted octanol–water partition coefficient (Wildman–Crippen LogP) is 1.49. The van der Waals surface area contributed by atoms with Crippen LogP contribution >= 0.6 is 0 Å². The average Bonchev–Trinajstić information content (AvgIpc) is 2.24. The van der Waals surface area contributed by atoms with Gasteiger partial charge in [0.05, 0.1) is 12.1 Å². The van der Waals surface area contributed by atoms with Crippen LogP contribution in [-0.4, -0.2) is 53.0 Å². The third-order valence-corrected chi connectivity index (χ3v) is 3.83. The van der Waals surface area contributed by atoms with Gasteiger partial charge in [-0.2, -0.15) is 0 Å². The summed E-state index contributed by atoms with van der Waals surface area (Å²) in [6.07, 6.45) is 0.836. The summed E-state index contributed by atoms with van der Waals surface area (Å²) in [4.78, 5) is 25.1. The Kier molecular flexibility index (Phi) is 3.47. The lowest BCUT2D eigenvalue weighted by molar-refractivity contribution is -0.170. The van der Waals surface area contributed by atoms with Gasteiger partial charge in [0.15, 0.2) is 0 Å². The van der Waals surface area contributed by atoms with E-state index in [-0.39, 0.29) is 6.61 Å². The van der Waals surface area contributed by atoms with Crippen LogP contribution in [-0.2, 0) is 14.3 Å². The molecule has 108 valence electrons. The van der Waals surface area contributed by atoms with Gasteiger partial charge < -0.3 is 19.5 Å². The minimum Gasteiger partial charge on any atom is -0.481 e. The van der Waals surface area contributed by atoms with Gasteiger partial charge in [-0.3, -0.25) is 4.79 Å². The maximum atomic E-state index is 12.2. The van der Waals surface area contributed by atoms with E-state index < -0.39 is 29.1 Å². The fraction of sp³-hybridized carbons (Fsp3) is 0.846. The molecule has 0 aliphatic carbocycles. The van der Waals surface area contributed by atoms with E-state index in [1.54, 1.807) is 25.7 Å². The predicted molar refractivity (Wildman–Crippen MR) is 66.8 cm³/mol. The molecule has 0 aromatic carbocycles. The number of carboxylic acid groups (broad SMARTS) is 1. The molecule has 2 atom stereocenters. The van der Waals surface area contributed by atoms with Gasteiger partial charge >= 0.3 is 12.1 Å². The molecule has 0 bridgehead atoms. The Bertz CT molecular complexity index is 389. The zero-order chi connectivity index (χ0) is 14.3. The molecule has 0 aromatic heterocycles. The molecule has 2 rings (SSSR count). The van der Waals surface area contributed by atoms with E-state index in [1.807, 2.05) is 0 Å². The number of carbonyl (C=O) groups is 2. The summed E-state index contributed by atoms with van der Waals surface area (Å²) >= 11 is 0. The summed E-state index contributed by atoms with van der Waals surface area (Å²) in [5.41, 5.74) is -1.19. The molecule has 0 aromatic rings. The van der Waals surface area contributed by atoms with Crippen LogP contribution in [0.5, 0.6) is 0 Å². The molecule has 2 heterocycles. The fourth-order valence-electron chi connectivity index (χ4n) is 2.80. The third kappa shape index (κ3) is 2.54. The number of rotatable bonds is 1. The van der Waals surface area contributed by atoms with Crippen molar-refractivity contribution in [2.75, 3.05) is 19.8 Å². The van der Waals surface area contributed by atoms with Crippen molar-refractivity contribution in [3.8, 4) is 0 Å². The molecule has 1 amide bonds. The van der Waals surface area contributed by atoms with Crippen LogP contribution in [0.15, 0.2) is 0 Å². The first-order valence-corrected chi connectivity index (χ1v) is 6.57. The van der Waals surface area contributed by atoms with Crippen molar-refractivity contribution in [2.24, 2.45) is 5.92 Å². The summed E-state index contributed by atoms with van der Waals surface area (Å²) in [6, 6.07) is 0. The van der Waals surface area contributed by atoms with Crippen molar-refractivity contribution in [3.05, 3.63) is 0 Å². The first-order chi connectivity index (χ1) is 8.76. The van der Waals surface area contributed by atoms with E-state index >= 15 is 0 Å². The van der Waals surface area contributed by atoms with E-state index in [2.05, 4.69) is 0 Å². The van der Waals surface area contributed by atoms with Gasteiger partial charge in [0.25, 0.3) is 0 Å². The number of carboxylic acids is 1. The second kappa shape index (κ2) is 4.67. The zero-order valence-electron chi connectivity index (χ0n) is 11.6. The molecular weight excluding hydrogens is 250 g/mol. The SMILES string of the molecule is CC(C)(C)OC(=O)N1CCC12CCOCC2C(=O)O. The number of hydrogen-bond donors (Lipinski definition) is 1. The van der Waals surface area contributed by atoms with Crippen LogP contribution in [0.25, 0.3) is 0 Å². The third-order valence-electron chi connectivity index (χ3n) is 3.83. The Morgan fingerprint density at radius 2 is 2.05 bits per heavy atom. The van der Waals surface area contributed by atoms with Crippen LogP contribution in [0.4, 0.5) is 4.79 Å². The summed E-state index contributed by atoms with van der Waals surface area (Å²) in [6.45, 7) is 6.61. The number of carbonyl (C=O) groups excluding carboxylic acids is 1. The van der Waals surface area contributed by atoms with E-state index in [4.69, 9.17) is 9.47 Å². The smallest absolute Gasteiger partial charge is 0.410 e. The van der Waals surface area contributed by atoms with Crippen molar-refractivity contribution in [3.63, 3.8) is 0 Å². The minimum atomic E-state index is -0.909. The van der Waals surface area contributed by atoms with Crippen molar-refractivity contribution < 1.29 is 24.2 Å². The van der Waals surface area contributed by atoms with Gasteiger partial charge in [-0.05, 0) is 33.6 Å². The number of aliphatic carboxylic acids is 1. The second-order valence-electron chi connectivity index (χ2n) is 6.20. The Morgan fingerprint density at radius 3 is 2.53 bits per heavy atom. The molecule has 2 unspecified atom stereocenters. The highest BCUT2D eigenvalue weighted by Gasteiger charge is 2.57. The molecule has 2 aliphatic rings. The van der Waals surface area contributed by atoms with Gasteiger partial charge in [-0.25, -0.2) is 4.79 Å². The maximum absolute atomic E-state index is 12.2. The molecule has 6 heteroatoms. The zero-order valence-corrected chi connectivity index (χ0v) is 11.6. The molecule has 1 N–H and O–H groups in total. The number of nitrogens with zero attached hydrogens (tertiary/aromatic N) is 1. The van der Waals surface area contributed by atoms with E-state index in [0.717, 1.165) is 0 Å². The van der Waals surface area contributed by atoms with Crippen molar-refractivity contribution in [1.82, 2.24) is 4.90 Å². The van der Waals surface area contributed by atoms with Gasteiger partial charge in [0.2, 0.25) is 0 Å². The quantitative estimate of drug-likeness (QED) is 0.782. The normalized spacial score (nSPS) is 30.9. The van der Waals surface area contributed by atoms with Crippen LogP contribution in [0.2, 0.25) is 0 Å². The average molecular weight is 271 g/mol. The highest BCUT2D eigenvalue weighted by atomic mass is 16.6. The van der Waals surface area contributed by atoms with Crippen molar-refractivity contribution in [2.45, 2.75) is 44.8 Å². The van der Waals surface area contributed by atoms with Crippen molar-refractivity contribution in [1.29, 1.82) is 0 Å². The number of amides is 1. The van der Waals surface area contributed by atoms with Crippen LogP contribution < -0.4 is 0 Å². The summed E-state index contributed by atoms with van der Waals surface area (Å²) in [5, 5.41) is 9.31. The van der Waals surface area contributed by atoms with Gasteiger partial charge in [-0.15, -0.1) is 0 Å². The number of ether oxygens (including phenoxy) is 2. The Balaban J connectivity index is 2.14. The number of hydrogen-bond acceptors (Lipinski definition) is 4. The van der Waals surface area contributed by atoms with E-state index in [0.29, 0.717) is 26.0 Å². The summed E-state index contributed by atoms with van der Waals surface area (Å²) in [5.74, 6) is -1.57. The standard InChI is InChI=1S/C13H21NO5/c1-12(2,3)19-11(17)14-6-4-13(14)5-7-18-8-9(13)10(15)16/h9H,4-8H2,1-3H3,(H,15,16). The Labute approximate surface area is 112 Å². The molecule has 2 fully saturated rings. The Hall–Kier alpha value is -1.30. The molecule has 0 saturated carbocycles. The van der Waals surface area contributed by atoms with E-state index in [1.165, 1.54) is 0 Å². The Morgan fingerprint density at radius 1 is 1.37 bits per heavy atom. The largest absolute Gasteiger partial charge is 0.481 e. The summed E-state index contributed by atoms with van der Waals surface area (Å²) < 4.78 is 10.6. The lowest BCUT2D eigenvalue weighted by atomic mass is 9.71. The lowest BCUT2D eigenvalue weighted by Crippen LogP contribution is -2.70. The van der Waals surface area contributed by atoms with Gasteiger partial charge in [-0.1, -0.05) is 0 Å². The minimum absolute atomic E-state index is 0.161. The topological polar surface area (TPSA) is 76.1 Å². The molecular formula is C13H21NO5. The molecule has 2 aliphatic heterocycles. The lowest BCUT2D eigenvalue weighted by Gasteiger charge is -2.56. The second-order valence-corrected chi connectivity index (χ2v) is 6.20. The highest BCUT2D eigenvalue weighted by Crippen LogP contribution is 2.43. The van der Waals surface area contributed by atoms with Gasteiger partial charge in [0, 0.05) is 13.2 Å². The first-order valence-electron chi connectivity index (χ1n) is 6.57. The molecule has 2 saturated heterocycles. The maximum Gasteiger partial charge on any atom is 0.410 e. The molecule has 19 heavy (non-hydrogen) atoms. The first kappa shape index (κ1) is 14.1. The van der Waals surface area contributed by atoms with Gasteiger partial charge in [0.1, 0.15) is 11.5 Å². The van der Waals surface area contributed by atoms with Crippen LogP contribution in [0, 0.1) is 5.92 Å². The fourth-order valence-corrected chi connectivity index (χ4v) is 2.80. The van der Waals surface area contributed by atoms with Crippen LogP contribution in [0.3, 0.4) is 0 Å². The van der Waals surface area contributed by atoms with Crippen molar-refractivity contribution >= 4 is 12.1 Å².